The number of hydrogen-bond donors (Lipinski definition) is 1. The van der Waals surface area contributed by atoms with Crippen molar-refractivity contribution in [3.05, 3.63) is 0 Å². The molecule has 2 atom stereocenters. The van der Waals surface area contributed by atoms with Crippen LogP contribution < -0.4 is 5.73 Å². The van der Waals surface area contributed by atoms with Gasteiger partial charge in [-0.1, -0.05) is 18.7 Å². The second-order valence-electron chi connectivity index (χ2n) is 2.12. The number of nitrogens with two attached hydrogens (primary N) is 1. The van der Waals surface area contributed by atoms with Gasteiger partial charge >= 0.3 is 0 Å². The van der Waals surface area contributed by atoms with Gasteiger partial charge in [0, 0.05) is 12.2 Å². The van der Waals surface area contributed by atoms with E-state index < -0.39 is 11.3 Å². The van der Waals surface area contributed by atoms with Crippen molar-refractivity contribution in [1.29, 1.82) is 0 Å². The van der Waals surface area contributed by atoms with Crippen molar-refractivity contribution in [1.82, 2.24) is 0 Å². The highest BCUT2D eigenvalue weighted by Crippen LogP contribution is 2.18. The van der Waals surface area contributed by atoms with Crippen LogP contribution in [0.3, 0.4) is 0 Å². The molecule has 0 aliphatic carbocycles. The number of halogens is 1. The normalized spacial score (nSPS) is 15.5. The smallest absolute Gasteiger partial charge is 0.236 e. The third-order valence-corrected chi connectivity index (χ3v) is 2.75. The van der Waals surface area contributed by atoms with Crippen LogP contribution in [0, 0.1) is 0 Å². The van der Waals surface area contributed by atoms with E-state index in [1.165, 1.54) is 6.92 Å². The highest BCUT2D eigenvalue weighted by molar-refractivity contribution is 8.14. The Kier molecular flexibility index (Phi) is 4.52. The van der Waals surface area contributed by atoms with Crippen LogP contribution in [0.1, 0.15) is 13.8 Å². The summed E-state index contributed by atoms with van der Waals surface area (Å²) in [5.74, 6) is -0.590. The number of amides is 1. The zero-order valence-electron chi connectivity index (χ0n) is 6.33. The first-order valence-electron chi connectivity index (χ1n) is 3.05. The fourth-order valence-electron chi connectivity index (χ4n) is 0.553. The Morgan fingerprint density at radius 2 is 2.00 bits per heavy atom. The van der Waals surface area contributed by atoms with E-state index in [9.17, 15) is 9.59 Å². The molecule has 0 fully saturated rings. The van der Waals surface area contributed by atoms with Gasteiger partial charge in [-0.15, -0.1) is 11.6 Å². The van der Waals surface area contributed by atoms with E-state index in [-0.39, 0.29) is 10.4 Å². The van der Waals surface area contributed by atoms with Crippen LogP contribution in [-0.4, -0.2) is 21.6 Å². The predicted molar refractivity (Wildman–Crippen MR) is 46.6 cm³/mol. The largest absolute Gasteiger partial charge is 0.368 e. The molecule has 0 aliphatic rings. The van der Waals surface area contributed by atoms with E-state index in [4.69, 9.17) is 17.3 Å². The van der Waals surface area contributed by atoms with Gasteiger partial charge < -0.3 is 5.73 Å². The average Bonchev–Trinajstić information content (AvgIpc) is 1.84. The number of carbonyl (C=O) groups excluding carboxylic acids is 2. The number of alkyl halides is 1. The SMILES string of the molecule is CC(=O)SC(C)C(Cl)C(N)=O. The van der Waals surface area contributed by atoms with Crippen molar-refractivity contribution in [2.45, 2.75) is 24.5 Å². The molecule has 0 aliphatic heterocycles. The van der Waals surface area contributed by atoms with E-state index in [0.717, 1.165) is 11.8 Å². The zero-order chi connectivity index (χ0) is 9.02. The second kappa shape index (κ2) is 4.62. The maximum absolute atomic E-state index is 10.5. The lowest BCUT2D eigenvalue weighted by molar-refractivity contribution is -0.117. The first-order chi connectivity index (χ1) is 4.95. The fourth-order valence-corrected chi connectivity index (χ4v) is 1.48. The van der Waals surface area contributed by atoms with Gasteiger partial charge in [0.1, 0.15) is 5.38 Å². The standard InChI is InChI=1S/C6H10ClNO2S/c1-3(11-4(2)9)5(7)6(8)10/h3,5H,1-2H3,(H2,8,10). The van der Waals surface area contributed by atoms with Gasteiger partial charge in [-0.2, -0.15) is 0 Å². The Labute approximate surface area is 74.7 Å². The van der Waals surface area contributed by atoms with E-state index in [1.54, 1.807) is 6.92 Å². The Balaban J connectivity index is 3.92. The van der Waals surface area contributed by atoms with Crippen molar-refractivity contribution >= 4 is 34.4 Å². The summed E-state index contributed by atoms with van der Waals surface area (Å²) >= 11 is 6.58. The molecule has 11 heavy (non-hydrogen) atoms. The van der Waals surface area contributed by atoms with Crippen molar-refractivity contribution in [2.24, 2.45) is 5.73 Å². The Morgan fingerprint density at radius 3 is 2.27 bits per heavy atom. The van der Waals surface area contributed by atoms with Crippen molar-refractivity contribution < 1.29 is 9.59 Å². The zero-order valence-corrected chi connectivity index (χ0v) is 7.91. The Morgan fingerprint density at radius 1 is 1.55 bits per heavy atom. The Bertz CT molecular complexity index is 174. The monoisotopic (exact) mass is 195 g/mol. The van der Waals surface area contributed by atoms with Crippen LogP contribution in [0.25, 0.3) is 0 Å². The van der Waals surface area contributed by atoms with Crippen molar-refractivity contribution in [2.75, 3.05) is 0 Å². The van der Waals surface area contributed by atoms with Gasteiger partial charge in [-0.3, -0.25) is 9.59 Å². The van der Waals surface area contributed by atoms with Gasteiger partial charge in [0.05, 0.1) is 0 Å². The molecular formula is C6H10ClNO2S. The molecule has 0 aromatic heterocycles. The summed E-state index contributed by atoms with van der Waals surface area (Å²) in [6.07, 6.45) is 0. The van der Waals surface area contributed by atoms with Gasteiger partial charge in [0.25, 0.3) is 0 Å². The number of hydrogen-bond acceptors (Lipinski definition) is 3. The molecule has 0 saturated carbocycles. The van der Waals surface area contributed by atoms with Gasteiger partial charge in [-0.25, -0.2) is 0 Å². The van der Waals surface area contributed by atoms with Crippen LogP contribution in [0.2, 0.25) is 0 Å². The first-order valence-corrected chi connectivity index (χ1v) is 4.37. The molecule has 1 amide bonds. The van der Waals surface area contributed by atoms with Crippen LogP contribution in [0.15, 0.2) is 0 Å². The maximum atomic E-state index is 10.5. The number of thioether (sulfide) groups is 1. The molecular weight excluding hydrogens is 186 g/mol. The molecule has 0 aromatic carbocycles. The molecule has 64 valence electrons. The molecule has 0 bridgehead atoms. The fraction of sp³-hybridized carbons (Fsp3) is 0.667. The summed E-state index contributed by atoms with van der Waals surface area (Å²) in [5, 5.41) is -1.10. The molecule has 0 saturated heterocycles. The molecule has 2 unspecified atom stereocenters. The lowest BCUT2D eigenvalue weighted by Crippen LogP contribution is -2.31. The third kappa shape index (κ3) is 4.27. The predicted octanol–water partition coefficient (Wildman–Crippen LogP) is 0.747. The van der Waals surface area contributed by atoms with E-state index in [1.807, 2.05) is 0 Å². The van der Waals surface area contributed by atoms with Crippen molar-refractivity contribution in [3.8, 4) is 0 Å². The lowest BCUT2D eigenvalue weighted by atomic mass is 10.3. The van der Waals surface area contributed by atoms with Crippen LogP contribution >= 0.6 is 23.4 Å². The van der Waals surface area contributed by atoms with Crippen LogP contribution in [0.5, 0.6) is 0 Å². The Hall–Kier alpha value is -0.220. The second-order valence-corrected chi connectivity index (χ2v) is 4.14. The molecule has 0 aromatic rings. The first kappa shape index (κ1) is 10.8. The van der Waals surface area contributed by atoms with Gasteiger partial charge in [0.15, 0.2) is 5.12 Å². The maximum Gasteiger partial charge on any atom is 0.236 e. The minimum Gasteiger partial charge on any atom is -0.368 e. The highest BCUT2D eigenvalue weighted by Gasteiger charge is 2.21. The van der Waals surface area contributed by atoms with Crippen LogP contribution in [0.4, 0.5) is 0 Å². The molecule has 0 spiro atoms. The molecule has 3 nitrogen and oxygen atoms in total. The van der Waals surface area contributed by atoms with E-state index >= 15 is 0 Å². The summed E-state index contributed by atoms with van der Waals surface area (Å²) in [5.41, 5.74) is 4.92. The molecule has 0 rings (SSSR count). The minimum atomic E-state index is -0.774. The van der Waals surface area contributed by atoms with Crippen molar-refractivity contribution in [3.63, 3.8) is 0 Å². The summed E-state index contributed by atoms with van der Waals surface area (Å²) in [6.45, 7) is 3.11. The topological polar surface area (TPSA) is 60.2 Å². The molecule has 0 radical (unpaired) electrons. The summed E-state index contributed by atoms with van der Waals surface area (Å²) < 4.78 is 0. The summed E-state index contributed by atoms with van der Waals surface area (Å²) in [7, 11) is 0. The molecule has 0 heterocycles. The summed E-state index contributed by atoms with van der Waals surface area (Å²) in [4.78, 5) is 21.0. The number of primary amides is 1. The lowest BCUT2D eigenvalue weighted by Gasteiger charge is -2.11. The van der Waals surface area contributed by atoms with E-state index in [2.05, 4.69) is 0 Å². The third-order valence-electron chi connectivity index (χ3n) is 1.04. The van der Waals surface area contributed by atoms with Gasteiger partial charge in [0.2, 0.25) is 5.91 Å². The average molecular weight is 196 g/mol. The summed E-state index contributed by atoms with van der Waals surface area (Å²) in [6, 6.07) is 0. The highest BCUT2D eigenvalue weighted by atomic mass is 35.5. The van der Waals surface area contributed by atoms with Gasteiger partial charge in [-0.05, 0) is 0 Å². The van der Waals surface area contributed by atoms with E-state index in [0.29, 0.717) is 0 Å². The number of rotatable bonds is 3. The quantitative estimate of drug-likeness (QED) is 0.676. The molecule has 2 N–H and O–H groups in total. The van der Waals surface area contributed by atoms with Crippen LogP contribution in [-0.2, 0) is 9.59 Å². The minimum absolute atomic E-state index is 0.0654. The molecule has 5 heteroatoms. The number of carbonyl (C=O) groups is 2.